The Morgan fingerprint density at radius 3 is 2.71 bits per heavy atom. The third-order valence-corrected chi connectivity index (χ3v) is 5.20. The van der Waals surface area contributed by atoms with E-state index in [9.17, 15) is 9.90 Å². The average Bonchev–Trinajstić information content (AvgIpc) is 3.33. The third-order valence-electron chi connectivity index (χ3n) is 5.20. The maximum Gasteiger partial charge on any atom is 0.269 e. The summed E-state index contributed by atoms with van der Waals surface area (Å²) in [7, 11) is 3.46. The molecule has 2 heterocycles. The van der Waals surface area contributed by atoms with Gasteiger partial charge < -0.3 is 15.2 Å². The second kappa shape index (κ2) is 7.47. The van der Waals surface area contributed by atoms with Crippen molar-refractivity contribution in [2.45, 2.75) is 25.0 Å². The largest absolute Gasteiger partial charge is 0.497 e. The van der Waals surface area contributed by atoms with Crippen LogP contribution in [0.3, 0.4) is 0 Å². The second-order valence-electron chi connectivity index (χ2n) is 7.18. The fourth-order valence-electron chi connectivity index (χ4n) is 3.54. The summed E-state index contributed by atoms with van der Waals surface area (Å²) in [5.74, 6) is 0.717. The smallest absolute Gasteiger partial charge is 0.269 e. The number of hydrogen-bond acceptors (Lipinski definition) is 5. The van der Waals surface area contributed by atoms with E-state index in [0.29, 0.717) is 24.2 Å². The standard InChI is InChI=1S/C20H23N5O3/c1-25-11-14(10-21-25)19(13-7-15(26)8-13)22-20(27)18-9-17(23-24-18)12-3-5-16(28-2)6-4-12/h3-6,9-11,13,15,19,26H,7-8H2,1-2H3,(H,22,27)(H,23,24)/t13?,15?,19-/m0/s1. The van der Waals surface area contributed by atoms with Gasteiger partial charge in [0, 0.05) is 24.4 Å². The molecule has 1 aliphatic rings. The molecule has 3 aromatic rings. The van der Waals surface area contributed by atoms with Crippen LogP contribution >= 0.6 is 0 Å². The van der Waals surface area contributed by atoms with Crippen LogP contribution in [0.15, 0.2) is 42.7 Å². The molecule has 8 heteroatoms. The first kappa shape index (κ1) is 18.2. The number of amides is 1. The van der Waals surface area contributed by atoms with Crippen LogP contribution in [0, 0.1) is 5.92 Å². The Morgan fingerprint density at radius 1 is 1.36 bits per heavy atom. The Morgan fingerprint density at radius 2 is 2.11 bits per heavy atom. The quantitative estimate of drug-likeness (QED) is 0.606. The van der Waals surface area contributed by atoms with Crippen molar-refractivity contribution in [1.82, 2.24) is 25.3 Å². The lowest BCUT2D eigenvalue weighted by atomic mass is 9.75. The number of aromatic nitrogens is 4. The molecule has 0 aliphatic heterocycles. The number of hydrogen-bond donors (Lipinski definition) is 3. The van der Waals surface area contributed by atoms with Gasteiger partial charge in [-0.2, -0.15) is 10.2 Å². The van der Waals surface area contributed by atoms with E-state index in [1.165, 1.54) is 0 Å². The van der Waals surface area contributed by atoms with E-state index in [-0.39, 0.29) is 24.0 Å². The molecule has 1 aromatic carbocycles. The van der Waals surface area contributed by atoms with Gasteiger partial charge in [0.05, 0.1) is 31.1 Å². The van der Waals surface area contributed by atoms with Crippen LogP contribution in [0.25, 0.3) is 11.3 Å². The fourth-order valence-corrected chi connectivity index (χ4v) is 3.54. The first-order chi connectivity index (χ1) is 13.5. The van der Waals surface area contributed by atoms with Crippen LogP contribution in [0.1, 0.15) is 34.9 Å². The maximum atomic E-state index is 12.8. The van der Waals surface area contributed by atoms with E-state index in [0.717, 1.165) is 16.9 Å². The van der Waals surface area contributed by atoms with E-state index in [1.807, 2.05) is 37.5 Å². The van der Waals surface area contributed by atoms with Crippen molar-refractivity contribution in [1.29, 1.82) is 0 Å². The Balaban J connectivity index is 1.50. The van der Waals surface area contributed by atoms with Gasteiger partial charge in [0.15, 0.2) is 0 Å². The lowest BCUT2D eigenvalue weighted by Gasteiger charge is -2.37. The number of ether oxygens (including phenoxy) is 1. The number of aliphatic hydroxyl groups is 1. The number of benzene rings is 1. The summed E-state index contributed by atoms with van der Waals surface area (Å²) in [5.41, 5.74) is 2.90. The van der Waals surface area contributed by atoms with E-state index in [1.54, 1.807) is 24.1 Å². The number of carbonyl (C=O) groups excluding carboxylic acids is 1. The normalized spacial score (nSPS) is 19.7. The predicted molar refractivity (Wildman–Crippen MR) is 103 cm³/mol. The topological polar surface area (TPSA) is 105 Å². The average molecular weight is 381 g/mol. The van der Waals surface area contributed by atoms with Crippen LogP contribution in [0.5, 0.6) is 5.75 Å². The summed E-state index contributed by atoms with van der Waals surface area (Å²) >= 11 is 0. The number of aryl methyl sites for hydroxylation is 1. The number of nitrogens with zero attached hydrogens (tertiary/aromatic N) is 3. The van der Waals surface area contributed by atoms with Crippen molar-refractivity contribution >= 4 is 5.91 Å². The van der Waals surface area contributed by atoms with Crippen molar-refractivity contribution < 1.29 is 14.6 Å². The zero-order chi connectivity index (χ0) is 19.7. The molecule has 1 amide bonds. The van der Waals surface area contributed by atoms with Gasteiger partial charge in [0.1, 0.15) is 11.4 Å². The number of nitrogens with one attached hydrogen (secondary N) is 2. The molecule has 4 rings (SSSR count). The van der Waals surface area contributed by atoms with Gasteiger partial charge in [-0.25, -0.2) is 0 Å². The number of H-pyrrole nitrogens is 1. The molecule has 8 nitrogen and oxygen atoms in total. The van der Waals surface area contributed by atoms with E-state index in [4.69, 9.17) is 4.74 Å². The molecule has 1 saturated carbocycles. The van der Waals surface area contributed by atoms with Gasteiger partial charge in [-0.3, -0.25) is 14.6 Å². The molecule has 0 spiro atoms. The van der Waals surface area contributed by atoms with Gasteiger partial charge >= 0.3 is 0 Å². The Hall–Kier alpha value is -3.13. The zero-order valence-electron chi connectivity index (χ0n) is 15.8. The highest BCUT2D eigenvalue weighted by molar-refractivity contribution is 5.93. The van der Waals surface area contributed by atoms with Crippen molar-refractivity contribution in [3.8, 4) is 17.0 Å². The minimum atomic E-state index is -0.296. The molecule has 146 valence electrons. The Labute approximate surface area is 162 Å². The molecule has 0 radical (unpaired) electrons. The number of rotatable bonds is 6. The van der Waals surface area contributed by atoms with Crippen LogP contribution in [-0.2, 0) is 7.05 Å². The van der Waals surface area contributed by atoms with Crippen LogP contribution in [0.4, 0.5) is 0 Å². The number of aromatic amines is 1. The van der Waals surface area contributed by atoms with Gasteiger partial charge in [-0.15, -0.1) is 0 Å². The minimum absolute atomic E-state index is 0.187. The van der Waals surface area contributed by atoms with E-state index < -0.39 is 0 Å². The van der Waals surface area contributed by atoms with Gasteiger partial charge in [0.2, 0.25) is 0 Å². The molecule has 1 fully saturated rings. The molecule has 2 aromatic heterocycles. The van der Waals surface area contributed by atoms with Crippen LogP contribution in [0.2, 0.25) is 0 Å². The predicted octanol–water partition coefficient (Wildman–Crippen LogP) is 2.06. The minimum Gasteiger partial charge on any atom is -0.497 e. The highest BCUT2D eigenvalue weighted by Gasteiger charge is 2.36. The third kappa shape index (κ3) is 3.63. The van der Waals surface area contributed by atoms with Crippen molar-refractivity contribution in [3.63, 3.8) is 0 Å². The zero-order valence-corrected chi connectivity index (χ0v) is 15.8. The first-order valence-corrected chi connectivity index (χ1v) is 9.21. The first-order valence-electron chi connectivity index (χ1n) is 9.21. The lowest BCUT2D eigenvalue weighted by Crippen LogP contribution is -2.41. The highest BCUT2D eigenvalue weighted by atomic mass is 16.5. The van der Waals surface area contributed by atoms with Crippen molar-refractivity contribution in [2.75, 3.05) is 7.11 Å². The molecule has 0 bridgehead atoms. The van der Waals surface area contributed by atoms with Gasteiger partial charge in [0.25, 0.3) is 5.91 Å². The highest BCUT2D eigenvalue weighted by Crippen LogP contribution is 2.38. The number of carbonyl (C=O) groups is 1. The molecule has 28 heavy (non-hydrogen) atoms. The van der Waals surface area contributed by atoms with Gasteiger partial charge in [-0.05, 0) is 49.1 Å². The Bertz CT molecular complexity index is 956. The maximum absolute atomic E-state index is 12.8. The molecule has 0 unspecified atom stereocenters. The molecular formula is C20H23N5O3. The summed E-state index contributed by atoms with van der Waals surface area (Å²) in [6, 6.07) is 9.02. The summed E-state index contributed by atoms with van der Waals surface area (Å²) in [6.07, 6.45) is 4.69. The van der Waals surface area contributed by atoms with Gasteiger partial charge in [-0.1, -0.05) is 0 Å². The summed E-state index contributed by atoms with van der Waals surface area (Å²) in [5, 5.41) is 24.0. The monoisotopic (exact) mass is 381 g/mol. The van der Waals surface area contributed by atoms with Crippen LogP contribution < -0.4 is 10.1 Å². The van der Waals surface area contributed by atoms with E-state index in [2.05, 4.69) is 20.6 Å². The Kier molecular flexibility index (Phi) is 4.87. The molecular weight excluding hydrogens is 358 g/mol. The summed E-state index contributed by atoms with van der Waals surface area (Å²) < 4.78 is 6.87. The SMILES string of the molecule is COc1ccc(-c2cc(C(=O)N[C@H](c3cnn(C)c3)C3CC(O)C3)[nH]n2)cc1. The van der Waals surface area contributed by atoms with Crippen molar-refractivity contribution in [3.05, 3.63) is 54.0 Å². The molecule has 1 atom stereocenters. The molecule has 0 saturated heterocycles. The fraction of sp³-hybridized carbons (Fsp3) is 0.350. The summed E-state index contributed by atoms with van der Waals surface area (Å²) in [6.45, 7) is 0. The van der Waals surface area contributed by atoms with Crippen molar-refractivity contribution in [2.24, 2.45) is 13.0 Å². The second-order valence-corrected chi connectivity index (χ2v) is 7.18. The lowest BCUT2D eigenvalue weighted by molar-refractivity contribution is 0.0234. The summed E-state index contributed by atoms with van der Waals surface area (Å²) in [4.78, 5) is 12.8. The number of aliphatic hydroxyl groups excluding tert-OH is 1. The van der Waals surface area contributed by atoms with E-state index >= 15 is 0 Å². The number of methoxy groups -OCH3 is 1. The molecule has 3 N–H and O–H groups in total. The van der Waals surface area contributed by atoms with Crippen LogP contribution in [-0.4, -0.2) is 44.2 Å². The molecule has 1 aliphatic carbocycles.